The van der Waals surface area contributed by atoms with Crippen LogP contribution in [0.3, 0.4) is 0 Å². The molecule has 1 N–H and O–H groups in total. The number of carbonyl (C=O) groups excluding carboxylic acids is 1. The summed E-state index contributed by atoms with van der Waals surface area (Å²) in [5.74, 6) is 1.42. The minimum Gasteiger partial charge on any atom is -0.494 e. The number of halogens is 1. The predicted octanol–water partition coefficient (Wildman–Crippen LogP) is 4.89. The molecule has 0 atom stereocenters. The van der Waals surface area contributed by atoms with Gasteiger partial charge < -0.3 is 24.3 Å². The first-order valence-electron chi connectivity index (χ1n) is 14.2. The summed E-state index contributed by atoms with van der Waals surface area (Å²) in [5, 5.41) is 2.86. The third kappa shape index (κ3) is 9.72. The lowest BCUT2D eigenvalue weighted by molar-refractivity contribution is -0.120. The van der Waals surface area contributed by atoms with E-state index in [0.29, 0.717) is 48.6 Å². The van der Waals surface area contributed by atoms with Crippen molar-refractivity contribution >= 4 is 5.91 Å². The second-order valence-corrected chi connectivity index (χ2v) is 10.4. The normalized spacial score (nSPS) is 13.7. The predicted molar refractivity (Wildman–Crippen MR) is 156 cm³/mol. The quantitative estimate of drug-likeness (QED) is 0.298. The van der Waals surface area contributed by atoms with Crippen molar-refractivity contribution in [1.82, 2.24) is 15.2 Å². The number of pyridine rings is 1. The molecule has 0 bridgehead atoms. The molecular weight excluding hydrogens is 525 g/mol. The van der Waals surface area contributed by atoms with Crippen LogP contribution < -0.4 is 19.5 Å². The molecule has 220 valence electrons. The number of hydrogen-bond donors (Lipinski definition) is 1. The van der Waals surface area contributed by atoms with Crippen LogP contribution in [0, 0.1) is 11.7 Å². The SMILES string of the molecule is CCOc1ccc(-c2ccc(CC(=O)NCc3cc(F)cc(OCC(C)C)c3)nc2OCCN2CCOCC2)cc1. The monoisotopic (exact) mass is 565 g/mol. The molecule has 2 heterocycles. The highest BCUT2D eigenvalue weighted by molar-refractivity contribution is 5.78. The van der Waals surface area contributed by atoms with Gasteiger partial charge in [0.15, 0.2) is 0 Å². The van der Waals surface area contributed by atoms with Crippen molar-refractivity contribution in [3.8, 4) is 28.5 Å². The number of benzene rings is 2. The van der Waals surface area contributed by atoms with Gasteiger partial charge in [0.05, 0.1) is 38.5 Å². The highest BCUT2D eigenvalue weighted by atomic mass is 19.1. The fourth-order valence-corrected chi connectivity index (χ4v) is 4.40. The summed E-state index contributed by atoms with van der Waals surface area (Å²) < 4.78 is 36.9. The van der Waals surface area contributed by atoms with Gasteiger partial charge in [-0.3, -0.25) is 9.69 Å². The van der Waals surface area contributed by atoms with E-state index in [-0.39, 0.29) is 18.9 Å². The summed E-state index contributed by atoms with van der Waals surface area (Å²) in [7, 11) is 0. The largest absolute Gasteiger partial charge is 0.494 e. The van der Waals surface area contributed by atoms with Crippen molar-refractivity contribution in [2.45, 2.75) is 33.7 Å². The Balaban J connectivity index is 1.42. The van der Waals surface area contributed by atoms with E-state index in [9.17, 15) is 9.18 Å². The van der Waals surface area contributed by atoms with Gasteiger partial charge in [0.2, 0.25) is 11.8 Å². The summed E-state index contributed by atoms with van der Waals surface area (Å²) in [5.41, 5.74) is 2.99. The first kappa shape index (κ1) is 30.3. The summed E-state index contributed by atoms with van der Waals surface area (Å²) in [6.07, 6.45) is 0.0649. The Bertz CT molecular complexity index is 1260. The Kier molecular flexibility index (Phi) is 11.3. The Hall–Kier alpha value is -3.69. The van der Waals surface area contributed by atoms with Crippen molar-refractivity contribution in [2.75, 3.05) is 52.7 Å². The van der Waals surface area contributed by atoms with E-state index in [2.05, 4.69) is 10.2 Å². The van der Waals surface area contributed by atoms with Crippen LogP contribution in [-0.4, -0.2) is 68.5 Å². The molecule has 0 radical (unpaired) electrons. The molecule has 9 heteroatoms. The molecule has 3 aromatic rings. The highest BCUT2D eigenvalue weighted by Gasteiger charge is 2.15. The fourth-order valence-electron chi connectivity index (χ4n) is 4.40. The standard InChI is InChI=1S/C32H40FN3O5/c1-4-39-28-8-5-25(6-9-28)30-10-7-27(35-32(30)40-16-13-36-11-14-38-15-12-36)20-31(37)34-21-24-17-26(33)19-29(18-24)41-22-23(2)3/h5-10,17-19,23H,4,11-16,20-22H2,1-3H3,(H,34,37). The van der Waals surface area contributed by atoms with Crippen LogP contribution in [0.1, 0.15) is 32.0 Å². The molecular formula is C32H40FN3O5. The number of ether oxygens (including phenoxy) is 4. The second-order valence-electron chi connectivity index (χ2n) is 10.4. The van der Waals surface area contributed by atoms with Crippen LogP contribution in [0.15, 0.2) is 54.6 Å². The zero-order chi connectivity index (χ0) is 29.0. The molecule has 1 aliphatic rings. The van der Waals surface area contributed by atoms with E-state index >= 15 is 0 Å². The zero-order valence-corrected chi connectivity index (χ0v) is 24.2. The molecule has 8 nitrogen and oxygen atoms in total. The van der Waals surface area contributed by atoms with Gasteiger partial charge in [-0.1, -0.05) is 26.0 Å². The number of carbonyl (C=O) groups is 1. The Labute approximate surface area is 241 Å². The molecule has 1 amide bonds. The molecule has 0 spiro atoms. The number of amides is 1. The van der Waals surface area contributed by atoms with Crippen molar-refractivity contribution in [3.05, 3.63) is 71.7 Å². The third-order valence-corrected chi connectivity index (χ3v) is 6.49. The molecule has 1 fully saturated rings. The van der Waals surface area contributed by atoms with Gasteiger partial charge in [-0.05, 0) is 60.4 Å². The van der Waals surface area contributed by atoms with Gasteiger partial charge in [-0.25, -0.2) is 9.37 Å². The van der Waals surface area contributed by atoms with Crippen molar-refractivity contribution < 1.29 is 28.1 Å². The lowest BCUT2D eigenvalue weighted by Crippen LogP contribution is -2.38. The van der Waals surface area contributed by atoms with Gasteiger partial charge in [0.1, 0.15) is 23.9 Å². The van der Waals surface area contributed by atoms with Crippen LogP contribution in [0.2, 0.25) is 0 Å². The van der Waals surface area contributed by atoms with E-state index in [4.69, 9.17) is 23.9 Å². The maximum absolute atomic E-state index is 14.1. The van der Waals surface area contributed by atoms with E-state index in [1.165, 1.54) is 12.1 Å². The maximum Gasteiger partial charge on any atom is 0.226 e. The van der Waals surface area contributed by atoms with Crippen LogP contribution in [0.5, 0.6) is 17.4 Å². The third-order valence-electron chi connectivity index (χ3n) is 6.49. The molecule has 0 aliphatic carbocycles. The van der Waals surface area contributed by atoms with Gasteiger partial charge in [-0.15, -0.1) is 0 Å². The van der Waals surface area contributed by atoms with Crippen LogP contribution in [-0.2, 0) is 22.5 Å². The van der Waals surface area contributed by atoms with E-state index in [0.717, 1.165) is 49.7 Å². The zero-order valence-electron chi connectivity index (χ0n) is 24.2. The first-order valence-corrected chi connectivity index (χ1v) is 14.2. The topological polar surface area (TPSA) is 82.2 Å². The number of morpholine rings is 1. The molecule has 1 aromatic heterocycles. The molecule has 1 aliphatic heterocycles. The minimum absolute atomic E-state index is 0.0649. The van der Waals surface area contributed by atoms with E-state index < -0.39 is 5.82 Å². The van der Waals surface area contributed by atoms with Crippen LogP contribution >= 0.6 is 0 Å². The number of nitrogens with zero attached hydrogens (tertiary/aromatic N) is 2. The highest BCUT2D eigenvalue weighted by Crippen LogP contribution is 2.30. The Morgan fingerprint density at radius 2 is 1.80 bits per heavy atom. The molecule has 0 saturated carbocycles. The van der Waals surface area contributed by atoms with Gasteiger partial charge in [0.25, 0.3) is 0 Å². The second kappa shape index (κ2) is 15.3. The molecule has 1 saturated heterocycles. The van der Waals surface area contributed by atoms with Gasteiger partial charge in [-0.2, -0.15) is 0 Å². The molecule has 41 heavy (non-hydrogen) atoms. The van der Waals surface area contributed by atoms with Crippen molar-refractivity contribution in [3.63, 3.8) is 0 Å². The number of rotatable bonds is 14. The van der Waals surface area contributed by atoms with Crippen molar-refractivity contribution in [1.29, 1.82) is 0 Å². The van der Waals surface area contributed by atoms with E-state index in [1.807, 2.05) is 57.2 Å². The van der Waals surface area contributed by atoms with E-state index in [1.54, 1.807) is 6.07 Å². The minimum atomic E-state index is -0.402. The average Bonchev–Trinajstić information content (AvgIpc) is 2.96. The lowest BCUT2D eigenvalue weighted by atomic mass is 10.1. The summed E-state index contributed by atoms with van der Waals surface area (Å²) >= 11 is 0. The Morgan fingerprint density at radius 1 is 1.02 bits per heavy atom. The fraction of sp³-hybridized carbons (Fsp3) is 0.438. The Morgan fingerprint density at radius 3 is 2.54 bits per heavy atom. The molecule has 4 rings (SSSR count). The van der Waals surface area contributed by atoms with Crippen LogP contribution in [0.4, 0.5) is 4.39 Å². The molecule has 0 unspecified atom stereocenters. The van der Waals surface area contributed by atoms with Crippen molar-refractivity contribution in [2.24, 2.45) is 5.92 Å². The number of hydrogen-bond acceptors (Lipinski definition) is 7. The molecule has 2 aromatic carbocycles. The number of nitrogens with one attached hydrogen (secondary N) is 1. The summed E-state index contributed by atoms with van der Waals surface area (Å²) in [4.78, 5) is 19.8. The maximum atomic E-state index is 14.1. The number of aromatic nitrogens is 1. The van der Waals surface area contributed by atoms with Crippen LogP contribution in [0.25, 0.3) is 11.1 Å². The lowest BCUT2D eigenvalue weighted by Gasteiger charge is -2.26. The first-order chi connectivity index (χ1) is 19.9. The average molecular weight is 566 g/mol. The van der Waals surface area contributed by atoms with Gasteiger partial charge >= 0.3 is 0 Å². The summed E-state index contributed by atoms with van der Waals surface area (Å²) in [6.45, 7) is 11.7. The smallest absolute Gasteiger partial charge is 0.226 e. The summed E-state index contributed by atoms with van der Waals surface area (Å²) in [6, 6.07) is 16.0. The van der Waals surface area contributed by atoms with Gasteiger partial charge in [0, 0.05) is 37.8 Å².